The molecule has 2 rings (SSSR count). The Balaban J connectivity index is 2.41. The van der Waals surface area contributed by atoms with E-state index in [-0.39, 0.29) is 0 Å². The van der Waals surface area contributed by atoms with Crippen molar-refractivity contribution in [3.8, 4) is 10.6 Å². The van der Waals surface area contributed by atoms with E-state index in [0.717, 1.165) is 16.4 Å². The van der Waals surface area contributed by atoms with Crippen molar-refractivity contribution in [3.63, 3.8) is 0 Å². The quantitative estimate of drug-likeness (QED) is 0.743. The Labute approximate surface area is 79.5 Å². The van der Waals surface area contributed by atoms with Crippen LogP contribution < -0.4 is 5.73 Å². The Bertz CT molecular complexity index is 406. The van der Waals surface area contributed by atoms with Gasteiger partial charge >= 0.3 is 0 Å². The second kappa shape index (κ2) is 3.10. The van der Waals surface area contributed by atoms with E-state index in [4.69, 9.17) is 5.73 Å². The molecule has 0 aliphatic heterocycles. The molecule has 2 aromatic rings. The summed E-state index contributed by atoms with van der Waals surface area (Å²) in [5.74, 6) is 1.30. The number of hydrogen-bond acceptors (Lipinski definition) is 5. The van der Waals surface area contributed by atoms with Gasteiger partial charge in [0.1, 0.15) is 16.6 Å². The summed E-state index contributed by atoms with van der Waals surface area (Å²) in [5.41, 5.74) is 6.41. The van der Waals surface area contributed by atoms with Gasteiger partial charge in [-0.25, -0.2) is 15.0 Å². The van der Waals surface area contributed by atoms with Gasteiger partial charge in [0.05, 0.1) is 0 Å². The second-order valence-electron chi connectivity index (χ2n) is 2.60. The summed E-state index contributed by atoms with van der Waals surface area (Å²) in [6.07, 6.45) is 3.50. The molecular weight excluding hydrogens is 184 g/mol. The molecule has 0 radical (unpaired) electrons. The van der Waals surface area contributed by atoms with Crippen LogP contribution in [0.3, 0.4) is 0 Å². The first-order valence-electron chi connectivity index (χ1n) is 3.76. The van der Waals surface area contributed by atoms with Crippen LogP contribution in [0.25, 0.3) is 10.6 Å². The maximum absolute atomic E-state index is 5.50. The van der Waals surface area contributed by atoms with Gasteiger partial charge in [0.2, 0.25) is 0 Å². The fraction of sp³-hybridized carbons (Fsp3) is 0.125. The first-order valence-corrected chi connectivity index (χ1v) is 4.64. The molecule has 0 aliphatic carbocycles. The molecule has 0 fully saturated rings. The summed E-state index contributed by atoms with van der Waals surface area (Å²) < 4.78 is 0. The van der Waals surface area contributed by atoms with Crippen LogP contribution in [0.1, 0.15) is 5.82 Å². The lowest BCUT2D eigenvalue weighted by Gasteiger charge is -1.94. The fourth-order valence-electron chi connectivity index (χ4n) is 0.922. The zero-order valence-electron chi connectivity index (χ0n) is 7.06. The standard InChI is InChI=1S/C8H8N4S/c1-5-10-2-6(3-11-5)8-12-7(9)4-13-8/h2-4H,9H2,1H3. The minimum atomic E-state index is 0.542. The predicted octanol–water partition coefficient (Wildman–Crippen LogP) is 1.49. The third kappa shape index (κ3) is 1.65. The molecule has 4 nitrogen and oxygen atoms in total. The second-order valence-corrected chi connectivity index (χ2v) is 3.45. The maximum atomic E-state index is 5.50. The van der Waals surface area contributed by atoms with E-state index < -0.39 is 0 Å². The lowest BCUT2D eigenvalue weighted by Crippen LogP contribution is -1.88. The van der Waals surface area contributed by atoms with Crippen molar-refractivity contribution < 1.29 is 0 Å². The fourth-order valence-corrected chi connectivity index (χ4v) is 1.61. The average molecular weight is 192 g/mol. The van der Waals surface area contributed by atoms with Crippen molar-refractivity contribution in [2.45, 2.75) is 6.92 Å². The molecule has 66 valence electrons. The number of nitrogen functional groups attached to an aromatic ring is 1. The van der Waals surface area contributed by atoms with E-state index in [0.29, 0.717) is 5.82 Å². The van der Waals surface area contributed by atoms with Crippen molar-refractivity contribution in [3.05, 3.63) is 23.6 Å². The topological polar surface area (TPSA) is 64.7 Å². The molecule has 0 unspecified atom stereocenters. The van der Waals surface area contributed by atoms with Crippen molar-refractivity contribution >= 4 is 17.2 Å². The van der Waals surface area contributed by atoms with Gasteiger partial charge in [0, 0.05) is 23.3 Å². The van der Waals surface area contributed by atoms with Gasteiger partial charge in [-0.3, -0.25) is 0 Å². The highest BCUT2D eigenvalue weighted by molar-refractivity contribution is 7.13. The Morgan fingerprint density at radius 1 is 1.31 bits per heavy atom. The molecule has 0 bridgehead atoms. The summed E-state index contributed by atoms with van der Waals surface area (Å²) in [6, 6.07) is 0. The number of rotatable bonds is 1. The minimum Gasteiger partial charge on any atom is -0.383 e. The molecule has 13 heavy (non-hydrogen) atoms. The average Bonchev–Trinajstić information content (AvgIpc) is 2.53. The molecule has 0 saturated carbocycles. The van der Waals surface area contributed by atoms with Gasteiger partial charge in [0.15, 0.2) is 0 Å². The first-order chi connectivity index (χ1) is 6.25. The zero-order valence-corrected chi connectivity index (χ0v) is 7.88. The number of hydrogen-bond donors (Lipinski definition) is 1. The van der Waals surface area contributed by atoms with Crippen molar-refractivity contribution in [1.29, 1.82) is 0 Å². The minimum absolute atomic E-state index is 0.542. The Morgan fingerprint density at radius 3 is 2.54 bits per heavy atom. The Morgan fingerprint density at radius 2 is 2.00 bits per heavy atom. The third-order valence-corrected chi connectivity index (χ3v) is 2.46. The van der Waals surface area contributed by atoms with Gasteiger partial charge in [-0.05, 0) is 6.92 Å². The highest BCUT2D eigenvalue weighted by Crippen LogP contribution is 2.22. The van der Waals surface area contributed by atoms with Gasteiger partial charge in [-0.2, -0.15) is 0 Å². The molecule has 0 amide bonds. The predicted molar refractivity (Wildman–Crippen MR) is 52.3 cm³/mol. The summed E-state index contributed by atoms with van der Waals surface area (Å²) in [7, 11) is 0. The Hall–Kier alpha value is -1.49. The maximum Gasteiger partial charge on any atom is 0.135 e. The largest absolute Gasteiger partial charge is 0.383 e. The molecule has 0 saturated heterocycles. The number of thiazole rings is 1. The number of anilines is 1. The molecule has 0 aliphatic rings. The number of aryl methyl sites for hydroxylation is 1. The first kappa shape index (κ1) is 8.12. The monoisotopic (exact) mass is 192 g/mol. The Kier molecular flexibility index (Phi) is 1.94. The van der Waals surface area contributed by atoms with E-state index in [1.165, 1.54) is 11.3 Å². The van der Waals surface area contributed by atoms with Crippen LogP contribution in [-0.4, -0.2) is 15.0 Å². The molecule has 0 spiro atoms. The molecule has 2 aromatic heterocycles. The van der Waals surface area contributed by atoms with E-state index in [9.17, 15) is 0 Å². The van der Waals surface area contributed by atoms with Crippen LogP contribution in [0.5, 0.6) is 0 Å². The van der Waals surface area contributed by atoms with Crippen LogP contribution >= 0.6 is 11.3 Å². The number of aromatic nitrogens is 3. The van der Waals surface area contributed by atoms with Crippen molar-refractivity contribution in [2.75, 3.05) is 5.73 Å². The molecule has 2 heterocycles. The summed E-state index contributed by atoms with van der Waals surface area (Å²) in [5, 5.41) is 2.66. The SMILES string of the molecule is Cc1ncc(-c2nc(N)cs2)cn1. The number of nitrogens with two attached hydrogens (primary N) is 1. The van der Waals surface area contributed by atoms with Gasteiger partial charge in [0.25, 0.3) is 0 Å². The molecular formula is C8H8N4S. The van der Waals surface area contributed by atoms with E-state index in [1.807, 2.05) is 6.92 Å². The van der Waals surface area contributed by atoms with Gasteiger partial charge in [-0.1, -0.05) is 0 Å². The van der Waals surface area contributed by atoms with Crippen LogP contribution in [0.4, 0.5) is 5.82 Å². The van der Waals surface area contributed by atoms with Crippen LogP contribution in [0.2, 0.25) is 0 Å². The van der Waals surface area contributed by atoms with Crippen LogP contribution in [-0.2, 0) is 0 Å². The zero-order chi connectivity index (χ0) is 9.26. The van der Waals surface area contributed by atoms with E-state index in [2.05, 4.69) is 15.0 Å². The highest BCUT2D eigenvalue weighted by Gasteiger charge is 2.02. The number of nitrogens with zero attached hydrogens (tertiary/aromatic N) is 3. The smallest absolute Gasteiger partial charge is 0.135 e. The van der Waals surface area contributed by atoms with E-state index >= 15 is 0 Å². The van der Waals surface area contributed by atoms with Crippen molar-refractivity contribution in [1.82, 2.24) is 15.0 Å². The van der Waals surface area contributed by atoms with Crippen LogP contribution in [0.15, 0.2) is 17.8 Å². The van der Waals surface area contributed by atoms with Gasteiger partial charge < -0.3 is 5.73 Å². The normalized spacial score (nSPS) is 10.2. The summed E-state index contributed by atoms with van der Waals surface area (Å²) in [4.78, 5) is 12.3. The lowest BCUT2D eigenvalue weighted by molar-refractivity contribution is 1.05. The lowest BCUT2D eigenvalue weighted by atomic mass is 10.3. The summed E-state index contributed by atoms with van der Waals surface area (Å²) >= 11 is 1.49. The van der Waals surface area contributed by atoms with Crippen molar-refractivity contribution in [2.24, 2.45) is 0 Å². The molecule has 2 N–H and O–H groups in total. The molecule has 0 atom stereocenters. The third-order valence-electron chi connectivity index (χ3n) is 1.55. The van der Waals surface area contributed by atoms with E-state index in [1.54, 1.807) is 17.8 Å². The van der Waals surface area contributed by atoms with Crippen LogP contribution in [0, 0.1) is 6.92 Å². The van der Waals surface area contributed by atoms with Gasteiger partial charge in [-0.15, -0.1) is 11.3 Å². The molecule has 0 aromatic carbocycles. The summed E-state index contributed by atoms with van der Waals surface area (Å²) in [6.45, 7) is 1.85. The molecule has 5 heteroatoms. The highest BCUT2D eigenvalue weighted by atomic mass is 32.1.